The molecule has 0 aliphatic heterocycles. The standard InChI is InChI=1S/C14H22BrN/c1-11(16-10-9-14(2,3)4)12-7-5-6-8-13(12)15/h5-8,11,16H,9-10H2,1-4H3/t11-/m0/s1. The molecule has 0 radical (unpaired) electrons. The number of rotatable bonds is 4. The first-order valence-corrected chi connectivity index (χ1v) is 6.67. The van der Waals surface area contributed by atoms with Gasteiger partial charge in [0.1, 0.15) is 0 Å². The van der Waals surface area contributed by atoms with E-state index in [-0.39, 0.29) is 0 Å². The first kappa shape index (κ1) is 13.7. The molecule has 0 fully saturated rings. The van der Waals surface area contributed by atoms with Gasteiger partial charge in [0, 0.05) is 10.5 Å². The largest absolute Gasteiger partial charge is 0.310 e. The summed E-state index contributed by atoms with van der Waals surface area (Å²) in [4.78, 5) is 0. The maximum absolute atomic E-state index is 3.59. The third kappa shape index (κ3) is 4.67. The van der Waals surface area contributed by atoms with Gasteiger partial charge in [0.05, 0.1) is 0 Å². The minimum atomic E-state index is 0.401. The molecule has 1 aromatic rings. The molecule has 0 aromatic heterocycles. The number of hydrogen-bond acceptors (Lipinski definition) is 1. The van der Waals surface area contributed by atoms with Gasteiger partial charge in [-0.25, -0.2) is 0 Å². The van der Waals surface area contributed by atoms with Crippen LogP contribution in [0, 0.1) is 5.41 Å². The Morgan fingerprint density at radius 3 is 2.44 bits per heavy atom. The van der Waals surface area contributed by atoms with Crippen molar-refractivity contribution in [3.8, 4) is 0 Å². The van der Waals surface area contributed by atoms with Gasteiger partial charge < -0.3 is 5.32 Å². The predicted molar refractivity (Wildman–Crippen MR) is 74.6 cm³/mol. The molecule has 1 atom stereocenters. The molecule has 90 valence electrons. The van der Waals surface area contributed by atoms with Crippen molar-refractivity contribution >= 4 is 15.9 Å². The van der Waals surface area contributed by atoms with Crippen LogP contribution in [0.3, 0.4) is 0 Å². The van der Waals surface area contributed by atoms with Crippen molar-refractivity contribution in [2.24, 2.45) is 5.41 Å². The van der Waals surface area contributed by atoms with Crippen molar-refractivity contribution in [2.75, 3.05) is 6.54 Å². The van der Waals surface area contributed by atoms with Crippen molar-refractivity contribution in [2.45, 2.75) is 40.2 Å². The van der Waals surface area contributed by atoms with Gasteiger partial charge in [-0.15, -0.1) is 0 Å². The average Bonchev–Trinajstić information content (AvgIpc) is 2.16. The Kier molecular flexibility index (Phi) is 5.00. The second kappa shape index (κ2) is 5.83. The highest BCUT2D eigenvalue weighted by molar-refractivity contribution is 9.10. The average molecular weight is 284 g/mol. The highest BCUT2D eigenvalue weighted by atomic mass is 79.9. The van der Waals surface area contributed by atoms with E-state index in [1.807, 2.05) is 0 Å². The van der Waals surface area contributed by atoms with Gasteiger partial charge in [0.2, 0.25) is 0 Å². The summed E-state index contributed by atoms with van der Waals surface area (Å²) in [5, 5.41) is 3.57. The normalized spacial score (nSPS) is 13.8. The molecule has 0 aliphatic carbocycles. The molecule has 0 unspecified atom stereocenters. The molecule has 0 saturated carbocycles. The number of nitrogens with one attached hydrogen (secondary N) is 1. The highest BCUT2D eigenvalue weighted by Crippen LogP contribution is 2.23. The zero-order valence-corrected chi connectivity index (χ0v) is 12.3. The third-order valence-electron chi connectivity index (χ3n) is 2.70. The van der Waals surface area contributed by atoms with E-state index in [1.165, 1.54) is 16.5 Å². The molecule has 0 heterocycles. The summed E-state index contributed by atoms with van der Waals surface area (Å²) in [5.41, 5.74) is 1.73. The Balaban J connectivity index is 2.47. The van der Waals surface area contributed by atoms with Gasteiger partial charge >= 0.3 is 0 Å². The van der Waals surface area contributed by atoms with Gasteiger partial charge in [0.15, 0.2) is 0 Å². The molecule has 16 heavy (non-hydrogen) atoms. The Bertz CT molecular complexity index is 328. The Morgan fingerprint density at radius 2 is 1.88 bits per heavy atom. The SMILES string of the molecule is C[C@H](NCCC(C)(C)C)c1ccccc1Br. The lowest BCUT2D eigenvalue weighted by molar-refractivity contribution is 0.358. The fraction of sp³-hybridized carbons (Fsp3) is 0.571. The lowest BCUT2D eigenvalue weighted by Crippen LogP contribution is -2.23. The minimum Gasteiger partial charge on any atom is -0.310 e. The van der Waals surface area contributed by atoms with Crippen molar-refractivity contribution in [3.05, 3.63) is 34.3 Å². The molecule has 0 aliphatic rings. The molecule has 0 spiro atoms. The molecule has 0 saturated heterocycles. The van der Waals surface area contributed by atoms with E-state index in [9.17, 15) is 0 Å². The number of benzene rings is 1. The van der Waals surface area contributed by atoms with Gasteiger partial charge in [-0.3, -0.25) is 0 Å². The van der Waals surface area contributed by atoms with Crippen LogP contribution in [0.1, 0.15) is 45.7 Å². The molecule has 0 amide bonds. The highest BCUT2D eigenvalue weighted by Gasteiger charge is 2.12. The van der Waals surface area contributed by atoms with E-state index in [0.717, 1.165) is 6.54 Å². The van der Waals surface area contributed by atoms with Crippen LogP contribution in [0.5, 0.6) is 0 Å². The van der Waals surface area contributed by atoms with Crippen molar-refractivity contribution in [1.82, 2.24) is 5.32 Å². The van der Waals surface area contributed by atoms with Crippen molar-refractivity contribution in [1.29, 1.82) is 0 Å². The van der Waals surface area contributed by atoms with Crippen LogP contribution in [-0.2, 0) is 0 Å². The molecule has 1 N–H and O–H groups in total. The van der Waals surface area contributed by atoms with Crippen LogP contribution >= 0.6 is 15.9 Å². The Morgan fingerprint density at radius 1 is 1.25 bits per heavy atom. The summed E-state index contributed by atoms with van der Waals surface area (Å²) >= 11 is 3.59. The molecule has 1 rings (SSSR count). The molecule has 0 bridgehead atoms. The van der Waals surface area contributed by atoms with Crippen molar-refractivity contribution in [3.63, 3.8) is 0 Å². The third-order valence-corrected chi connectivity index (χ3v) is 3.42. The molecular weight excluding hydrogens is 262 g/mol. The fourth-order valence-corrected chi connectivity index (χ4v) is 2.23. The smallest absolute Gasteiger partial charge is 0.0302 e. The number of halogens is 1. The summed E-state index contributed by atoms with van der Waals surface area (Å²) in [5.74, 6) is 0. The van der Waals surface area contributed by atoms with E-state index in [2.05, 4.69) is 73.2 Å². The molecule has 1 aromatic carbocycles. The maximum Gasteiger partial charge on any atom is 0.0302 e. The molecule has 2 heteroatoms. The maximum atomic E-state index is 3.59. The van der Waals surface area contributed by atoms with Crippen molar-refractivity contribution < 1.29 is 0 Å². The van der Waals surface area contributed by atoms with E-state index >= 15 is 0 Å². The summed E-state index contributed by atoms with van der Waals surface area (Å²) in [6, 6.07) is 8.80. The zero-order chi connectivity index (χ0) is 12.2. The Labute approximate surface area is 108 Å². The summed E-state index contributed by atoms with van der Waals surface area (Å²) in [7, 11) is 0. The minimum absolute atomic E-state index is 0.401. The van der Waals surface area contributed by atoms with Gasteiger partial charge in [0.25, 0.3) is 0 Å². The molecular formula is C14H22BrN. The second-order valence-electron chi connectivity index (χ2n) is 5.51. The lowest BCUT2D eigenvalue weighted by atomic mass is 9.92. The predicted octanol–water partition coefficient (Wildman–Crippen LogP) is 4.54. The Hall–Kier alpha value is -0.340. The van der Waals surface area contributed by atoms with Crippen LogP contribution < -0.4 is 5.32 Å². The fourth-order valence-electron chi connectivity index (χ4n) is 1.60. The van der Waals surface area contributed by atoms with E-state index in [0.29, 0.717) is 11.5 Å². The van der Waals surface area contributed by atoms with Crippen LogP contribution in [0.25, 0.3) is 0 Å². The first-order valence-electron chi connectivity index (χ1n) is 5.88. The first-order chi connectivity index (χ1) is 7.40. The summed E-state index contributed by atoms with van der Waals surface area (Å²) in [6.45, 7) is 10.1. The second-order valence-corrected chi connectivity index (χ2v) is 6.36. The van der Waals surface area contributed by atoms with Gasteiger partial charge in [-0.2, -0.15) is 0 Å². The lowest BCUT2D eigenvalue weighted by Gasteiger charge is -2.21. The van der Waals surface area contributed by atoms with Gasteiger partial charge in [-0.1, -0.05) is 54.9 Å². The van der Waals surface area contributed by atoms with Crippen LogP contribution in [0.2, 0.25) is 0 Å². The topological polar surface area (TPSA) is 12.0 Å². The zero-order valence-electron chi connectivity index (χ0n) is 10.7. The van der Waals surface area contributed by atoms with Crippen LogP contribution in [0.4, 0.5) is 0 Å². The monoisotopic (exact) mass is 283 g/mol. The van der Waals surface area contributed by atoms with Crippen LogP contribution in [0.15, 0.2) is 28.7 Å². The van der Waals surface area contributed by atoms with E-state index in [1.54, 1.807) is 0 Å². The quantitative estimate of drug-likeness (QED) is 0.856. The van der Waals surface area contributed by atoms with Gasteiger partial charge in [-0.05, 0) is 36.9 Å². The summed E-state index contributed by atoms with van der Waals surface area (Å²) in [6.07, 6.45) is 1.20. The van der Waals surface area contributed by atoms with E-state index < -0.39 is 0 Å². The van der Waals surface area contributed by atoms with Crippen LogP contribution in [-0.4, -0.2) is 6.54 Å². The van der Waals surface area contributed by atoms with E-state index in [4.69, 9.17) is 0 Å². The number of hydrogen-bond donors (Lipinski definition) is 1. The molecule has 1 nitrogen and oxygen atoms in total. The summed E-state index contributed by atoms with van der Waals surface area (Å²) < 4.78 is 1.19.